The fourth-order valence-electron chi connectivity index (χ4n) is 5.26. The minimum absolute atomic E-state index is 0.0304. The molecule has 1 aromatic rings. The summed E-state index contributed by atoms with van der Waals surface area (Å²) in [6, 6.07) is 8.29. The molecule has 2 amide bonds. The predicted octanol–water partition coefficient (Wildman–Crippen LogP) is 2.72. The summed E-state index contributed by atoms with van der Waals surface area (Å²) in [4.78, 5) is 35.6. The minimum Gasteiger partial charge on any atom is -0.392 e. The first kappa shape index (κ1) is 22.8. The largest absolute Gasteiger partial charge is 0.392 e. The zero-order chi connectivity index (χ0) is 22.6. The Kier molecular flexibility index (Phi) is 7.13. The Balaban J connectivity index is 1.41. The normalized spacial score (nSPS) is 26.0. The smallest absolute Gasteiger partial charge is 0.228 e. The van der Waals surface area contributed by atoms with Gasteiger partial charge in [0.25, 0.3) is 0 Å². The van der Waals surface area contributed by atoms with E-state index in [2.05, 4.69) is 46.6 Å². The molecule has 1 aromatic carbocycles. The van der Waals surface area contributed by atoms with Crippen molar-refractivity contribution in [3.8, 4) is 0 Å². The molecule has 7 heteroatoms. The molecule has 1 N–H and O–H groups in total. The molecule has 174 valence electrons. The van der Waals surface area contributed by atoms with Crippen LogP contribution in [0, 0.1) is 12.3 Å². The standard InChI is InChI=1S/C25H36N4O3/c1-19-6-8-21(9-7-19)23-16-22(32-27-23)17-25(10-5-14-29(18-25)20(2)30)24(31)26-11-15-28-12-3-4-13-28/h6-9,22H,3-5,10-18H2,1-2H3,(H,26,31)/t22-,25+/m1/s1. The van der Waals surface area contributed by atoms with E-state index < -0.39 is 5.41 Å². The molecule has 2 atom stereocenters. The number of nitrogens with one attached hydrogen (secondary N) is 1. The lowest BCUT2D eigenvalue weighted by Crippen LogP contribution is -2.55. The van der Waals surface area contributed by atoms with Crippen molar-refractivity contribution < 1.29 is 14.4 Å². The van der Waals surface area contributed by atoms with Crippen molar-refractivity contribution in [1.29, 1.82) is 0 Å². The topological polar surface area (TPSA) is 74.2 Å². The summed E-state index contributed by atoms with van der Waals surface area (Å²) in [6.07, 6.45) is 5.20. The number of rotatable bonds is 7. The Bertz CT molecular complexity index is 847. The maximum Gasteiger partial charge on any atom is 0.228 e. The van der Waals surface area contributed by atoms with Gasteiger partial charge >= 0.3 is 0 Å². The summed E-state index contributed by atoms with van der Waals surface area (Å²) in [7, 11) is 0. The van der Waals surface area contributed by atoms with Gasteiger partial charge in [0.05, 0.1) is 11.1 Å². The van der Waals surface area contributed by atoms with Gasteiger partial charge in [-0.3, -0.25) is 9.59 Å². The monoisotopic (exact) mass is 440 g/mol. The van der Waals surface area contributed by atoms with E-state index in [1.54, 1.807) is 6.92 Å². The van der Waals surface area contributed by atoms with E-state index in [0.717, 1.165) is 50.3 Å². The molecule has 3 heterocycles. The first-order chi connectivity index (χ1) is 15.4. The molecule has 3 aliphatic rings. The van der Waals surface area contributed by atoms with Crippen LogP contribution in [-0.2, 0) is 14.4 Å². The molecule has 0 spiro atoms. The summed E-state index contributed by atoms with van der Waals surface area (Å²) < 4.78 is 0. The minimum atomic E-state index is -0.627. The SMILES string of the molecule is CC(=O)N1CCC[C@@](C[C@H]2CC(c3ccc(C)cc3)=NO2)(C(=O)NCCN2CCCC2)C1. The van der Waals surface area contributed by atoms with Crippen LogP contribution in [0.25, 0.3) is 0 Å². The first-order valence-corrected chi connectivity index (χ1v) is 12.0. The number of carbonyl (C=O) groups is 2. The lowest BCUT2D eigenvalue weighted by molar-refractivity contribution is -0.143. The summed E-state index contributed by atoms with van der Waals surface area (Å²) in [5.74, 6) is 0.0814. The number of hydrogen-bond donors (Lipinski definition) is 1. The zero-order valence-corrected chi connectivity index (χ0v) is 19.4. The van der Waals surface area contributed by atoms with Crippen molar-refractivity contribution in [3.63, 3.8) is 0 Å². The quantitative estimate of drug-likeness (QED) is 0.708. The van der Waals surface area contributed by atoms with Crippen LogP contribution in [0.2, 0.25) is 0 Å². The van der Waals surface area contributed by atoms with Crippen molar-refractivity contribution in [2.75, 3.05) is 39.3 Å². The van der Waals surface area contributed by atoms with Gasteiger partial charge in [0.2, 0.25) is 11.8 Å². The van der Waals surface area contributed by atoms with Crippen LogP contribution in [0.4, 0.5) is 0 Å². The van der Waals surface area contributed by atoms with Crippen LogP contribution >= 0.6 is 0 Å². The van der Waals surface area contributed by atoms with Gasteiger partial charge in [0.1, 0.15) is 6.10 Å². The molecule has 0 saturated carbocycles. The molecule has 32 heavy (non-hydrogen) atoms. The lowest BCUT2D eigenvalue weighted by Gasteiger charge is -2.42. The fraction of sp³-hybridized carbons (Fsp3) is 0.640. The predicted molar refractivity (Wildman–Crippen MR) is 124 cm³/mol. The van der Waals surface area contributed by atoms with Gasteiger partial charge < -0.3 is 20.0 Å². The van der Waals surface area contributed by atoms with Gasteiger partial charge in [-0.05, 0) is 51.3 Å². The van der Waals surface area contributed by atoms with Crippen LogP contribution in [0.3, 0.4) is 0 Å². The maximum absolute atomic E-state index is 13.5. The molecule has 0 bridgehead atoms. The fourth-order valence-corrected chi connectivity index (χ4v) is 5.26. The molecular formula is C25H36N4O3. The molecule has 7 nitrogen and oxygen atoms in total. The van der Waals surface area contributed by atoms with E-state index in [1.807, 2.05) is 4.90 Å². The molecular weight excluding hydrogens is 404 g/mol. The second-order valence-corrected chi connectivity index (χ2v) is 9.67. The highest BCUT2D eigenvalue weighted by atomic mass is 16.6. The van der Waals surface area contributed by atoms with E-state index in [-0.39, 0.29) is 17.9 Å². The van der Waals surface area contributed by atoms with Crippen LogP contribution in [0.1, 0.15) is 56.6 Å². The number of carbonyl (C=O) groups excluding carboxylic acids is 2. The van der Waals surface area contributed by atoms with E-state index in [4.69, 9.17) is 4.84 Å². The third-order valence-corrected chi connectivity index (χ3v) is 7.15. The number of aryl methyl sites for hydroxylation is 1. The van der Waals surface area contributed by atoms with Crippen molar-refractivity contribution in [1.82, 2.24) is 15.1 Å². The Morgan fingerprint density at radius 1 is 1.16 bits per heavy atom. The van der Waals surface area contributed by atoms with Gasteiger partial charge in [-0.15, -0.1) is 0 Å². The van der Waals surface area contributed by atoms with Crippen LogP contribution < -0.4 is 5.32 Å². The van der Waals surface area contributed by atoms with Crippen LogP contribution in [0.5, 0.6) is 0 Å². The molecule has 0 aliphatic carbocycles. The number of piperidine rings is 1. The molecule has 3 aliphatic heterocycles. The van der Waals surface area contributed by atoms with Crippen molar-refractivity contribution >= 4 is 17.5 Å². The number of benzene rings is 1. The zero-order valence-electron chi connectivity index (χ0n) is 19.4. The number of likely N-dealkylation sites (tertiary alicyclic amines) is 2. The Morgan fingerprint density at radius 3 is 2.62 bits per heavy atom. The van der Waals surface area contributed by atoms with Gasteiger partial charge in [0.15, 0.2) is 0 Å². The van der Waals surface area contributed by atoms with Crippen molar-refractivity contribution in [2.24, 2.45) is 10.6 Å². The molecule has 0 unspecified atom stereocenters. The van der Waals surface area contributed by atoms with E-state index in [9.17, 15) is 9.59 Å². The Morgan fingerprint density at radius 2 is 1.91 bits per heavy atom. The number of hydrogen-bond acceptors (Lipinski definition) is 5. The lowest BCUT2D eigenvalue weighted by atomic mass is 9.74. The number of nitrogens with zero attached hydrogens (tertiary/aromatic N) is 3. The van der Waals surface area contributed by atoms with Crippen LogP contribution in [-0.4, -0.2) is 72.7 Å². The van der Waals surface area contributed by atoms with Gasteiger partial charge in [0, 0.05) is 45.9 Å². The molecule has 0 radical (unpaired) electrons. The summed E-state index contributed by atoms with van der Waals surface area (Å²) in [6.45, 7) is 8.60. The van der Waals surface area contributed by atoms with E-state index in [0.29, 0.717) is 25.9 Å². The Hall–Kier alpha value is -2.41. The second kappa shape index (κ2) is 10.0. The molecule has 4 rings (SSSR count). The van der Waals surface area contributed by atoms with Gasteiger partial charge in [-0.1, -0.05) is 35.0 Å². The average molecular weight is 441 g/mol. The van der Waals surface area contributed by atoms with Gasteiger partial charge in [-0.2, -0.15) is 0 Å². The van der Waals surface area contributed by atoms with E-state index in [1.165, 1.54) is 18.4 Å². The van der Waals surface area contributed by atoms with E-state index >= 15 is 0 Å². The highest BCUT2D eigenvalue weighted by molar-refractivity contribution is 6.01. The average Bonchev–Trinajstić information content (AvgIpc) is 3.47. The summed E-state index contributed by atoms with van der Waals surface area (Å²) in [5.41, 5.74) is 2.58. The van der Waals surface area contributed by atoms with Gasteiger partial charge in [-0.25, -0.2) is 0 Å². The third-order valence-electron chi connectivity index (χ3n) is 7.15. The molecule has 0 aromatic heterocycles. The van der Waals surface area contributed by atoms with Crippen molar-refractivity contribution in [3.05, 3.63) is 35.4 Å². The maximum atomic E-state index is 13.5. The molecule has 2 fully saturated rings. The number of amides is 2. The third kappa shape index (κ3) is 5.31. The highest BCUT2D eigenvalue weighted by Crippen LogP contribution is 2.38. The Labute approximate surface area is 191 Å². The van der Waals surface area contributed by atoms with Crippen molar-refractivity contribution in [2.45, 2.75) is 58.5 Å². The highest BCUT2D eigenvalue weighted by Gasteiger charge is 2.46. The summed E-state index contributed by atoms with van der Waals surface area (Å²) >= 11 is 0. The number of oxime groups is 1. The molecule has 2 saturated heterocycles. The first-order valence-electron chi connectivity index (χ1n) is 12.0. The summed E-state index contributed by atoms with van der Waals surface area (Å²) in [5, 5.41) is 7.53. The van der Waals surface area contributed by atoms with Crippen LogP contribution in [0.15, 0.2) is 29.4 Å². The second-order valence-electron chi connectivity index (χ2n) is 9.67.